The van der Waals surface area contributed by atoms with Gasteiger partial charge in [-0.25, -0.2) is 8.42 Å². The van der Waals surface area contributed by atoms with Crippen molar-refractivity contribution in [1.29, 1.82) is 0 Å². The molecule has 1 aromatic heterocycles. The summed E-state index contributed by atoms with van der Waals surface area (Å²) in [4.78, 5) is 1.45. The highest BCUT2D eigenvalue weighted by Crippen LogP contribution is 2.24. The summed E-state index contributed by atoms with van der Waals surface area (Å²) in [7, 11) is -3.12. The highest BCUT2D eigenvalue weighted by Gasteiger charge is 2.39. The van der Waals surface area contributed by atoms with Gasteiger partial charge in [0.2, 0.25) is 10.0 Å². The molecule has 1 aromatic rings. The first-order valence-corrected chi connectivity index (χ1v) is 6.23. The molecule has 0 saturated carbocycles. The van der Waals surface area contributed by atoms with Gasteiger partial charge in [0, 0.05) is 13.1 Å². The largest absolute Gasteiger partial charge is 0.216 e. The Morgan fingerprint density at radius 2 is 2.07 bits per heavy atom. The van der Waals surface area contributed by atoms with Crippen LogP contribution in [0.4, 0.5) is 0 Å². The maximum Gasteiger partial charge on any atom is 0.216 e. The molecule has 1 aliphatic heterocycles. The minimum absolute atomic E-state index is 0.0287. The van der Waals surface area contributed by atoms with Crippen molar-refractivity contribution < 1.29 is 8.42 Å². The summed E-state index contributed by atoms with van der Waals surface area (Å²) in [5.74, 6) is 0. The van der Waals surface area contributed by atoms with Crippen LogP contribution in [0.2, 0.25) is 0 Å². The van der Waals surface area contributed by atoms with Crippen LogP contribution in [0.3, 0.4) is 0 Å². The Bertz CT molecular complexity index is 420. The Morgan fingerprint density at radius 3 is 2.53 bits per heavy atom. The van der Waals surface area contributed by atoms with Crippen molar-refractivity contribution in [3.63, 3.8) is 0 Å². The van der Waals surface area contributed by atoms with Gasteiger partial charge in [-0.15, -0.1) is 10.2 Å². The van der Waals surface area contributed by atoms with E-state index < -0.39 is 10.0 Å². The fourth-order valence-corrected chi connectivity index (χ4v) is 2.77. The van der Waals surface area contributed by atoms with E-state index in [9.17, 15) is 8.42 Å². The predicted octanol–water partition coefficient (Wildman–Crippen LogP) is -0.732. The van der Waals surface area contributed by atoms with Gasteiger partial charge in [0.1, 0.15) is 6.04 Å². The molecular weight excluding hydrogens is 218 g/mol. The highest BCUT2D eigenvalue weighted by atomic mass is 32.2. The summed E-state index contributed by atoms with van der Waals surface area (Å²) in [5, 5.41) is 10.8. The number of sulfonamides is 1. The van der Waals surface area contributed by atoms with E-state index in [2.05, 4.69) is 15.4 Å². The van der Waals surface area contributed by atoms with Crippen LogP contribution in [0, 0.1) is 0 Å². The molecule has 0 bridgehead atoms. The zero-order chi connectivity index (χ0) is 11.1. The van der Waals surface area contributed by atoms with Crippen LogP contribution >= 0.6 is 0 Å². The second kappa shape index (κ2) is 3.53. The van der Waals surface area contributed by atoms with Gasteiger partial charge in [-0.1, -0.05) is 0 Å². The third kappa shape index (κ3) is 1.74. The lowest BCUT2D eigenvalue weighted by Crippen LogP contribution is -2.53. The minimum Gasteiger partial charge on any atom is -0.212 e. The number of nitrogens with zero attached hydrogens (tertiary/aromatic N) is 5. The fourth-order valence-electron chi connectivity index (χ4n) is 1.41. The van der Waals surface area contributed by atoms with Gasteiger partial charge in [-0.3, -0.25) is 0 Å². The Labute approximate surface area is 88.1 Å². The van der Waals surface area contributed by atoms with Crippen LogP contribution < -0.4 is 0 Å². The lowest BCUT2D eigenvalue weighted by atomic mass is 10.2. The van der Waals surface area contributed by atoms with E-state index in [1.807, 2.05) is 0 Å². The molecule has 2 rings (SSSR count). The number of tetrazole rings is 1. The first-order valence-electron chi connectivity index (χ1n) is 4.73. The normalized spacial score (nSPS) is 19.4. The summed E-state index contributed by atoms with van der Waals surface area (Å²) in [6.45, 7) is 4.24. The van der Waals surface area contributed by atoms with E-state index in [-0.39, 0.29) is 11.3 Å². The number of hydrogen-bond donors (Lipinski definition) is 0. The average molecular weight is 231 g/mol. The van der Waals surface area contributed by atoms with Gasteiger partial charge >= 0.3 is 0 Å². The molecule has 0 unspecified atom stereocenters. The molecule has 0 amide bonds. The first kappa shape index (κ1) is 10.5. The van der Waals surface area contributed by atoms with Gasteiger partial charge in [0.05, 0.1) is 5.25 Å². The van der Waals surface area contributed by atoms with Crippen LogP contribution in [0.15, 0.2) is 6.33 Å². The summed E-state index contributed by atoms with van der Waals surface area (Å²) in [6, 6.07) is 0.0287. The van der Waals surface area contributed by atoms with Gasteiger partial charge in [0.15, 0.2) is 6.33 Å². The summed E-state index contributed by atoms with van der Waals surface area (Å²) in [5.41, 5.74) is 0. The molecule has 0 aliphatic carbocycles. The molecule has 7 nitrogen and oxygen atoms in total. The molecule has 0 spiro atoms. The number of rotatable bonds is 3. The van der Waals surface area contributed by atoms with Crippen LogP contribution in [0.25, 0.3) is 0 Å². The second-order valence-electron chi connectivity index (χ2n) is 3.82. The molecule has 15 heavy (non-hydrogen) atoms. The molecule has 84 valence electrons. The van der Waals surface area contributed by atoms with Gasteiger partial charge < -0.3 is 0 Å². The van der Waals surface area contributed by atoms with Crippen LogP contribution in [-0.4, -0.2) is 51.3 Å². The van der Waals surface area contributed by atoms with Crippen LogP contribution in [0.5, 0.6) is 0 Å². The Kier molecular flexibility index (Phi) is 2.47. The maximum atomic E-state index is 11.7. The quantitative estimate of drug-likeness (QED) is 0.685. The summed E-state index contributed by atoms with van der Waals surface area (Å²) in [6.07, 6.45) is 1.35. The topological polar surface area (TPSA) is 81.0 Å². The third-order valence-corrected chi connectivity index (χ3v) is 4.69. The molecule has 0 radical (unpaired) electrons. The third-order valence-electron chi connectivity index (χ3n) is 2.48. The summed E-state index contributed by atoms with van der Waals surface area (Å²) >= 11 is 0. The average Bonchev–Trinajstić information content (AvgIpc) is 2.53. The van der Waals surface area contributed by atoms with Crippen molar-refractivity contribution >= 4 is 10.0 Å². The van der Waals surface area contributed by atoms with Gasteiger partial charge in [-0.2, -0.15) is 9.10 Å². The summed E-state index contributed by atoms with van der Waals surface area (Å²) < 4.78 is 24.8. The molecule has 8 heteroatoms. The molecule has 0 aromatic carbocycles. The number of aromatic nitrogens is 4. The van der Waals surface area contributed by atoms with Crippen molar-refractivity contribution in [3.05, 3.63) is 6.33 Å². The molecule has 1 aliphatic rings. The van der Waals surface area contributed by atoms with E-state index in [4.69, 9.17) is 0 Å². The second-order valence-corrected chi connectivity index (χ2v) is 6.31. The Morgan fingerprint density at radius 1 is 1.40 bits per heavy atom. The lowest BCUT2D eigenvalue weighted by Gasteiger charge is -2.37. The lowest BCUT2D eigenvalue weighted by molar-refractivity contribution is 0.172. The van der Waals surface area contributed by atoms with Crippen LogP contribution in [0.1, 0.15) is 19.9 Å². The van der Waals surface area contributed by atoms with E-state index in [0.717, 1.165) is 0 Å². The molecule has 2 heterocycles. The smallest absolute Gasteiger partial charge is 0.212 e. The fraction of sp³-hybridized carbons (Fsp3) is 0.857. The van der Waals surface area contributed by atoms with E-state index >= 15 is 0 Å². The molecule has 1 saturated heterocycles. The molecule has 1 fully saturated rings. The van der Waals surface area contributed by atoms with Crippen molar-refractivity contribution in [2.75, 3.05) is 13.1 Å². The SMILES string of the molecule is CC(C)S(=O)(=O)N1CC(n2ncnn2)C1. The number of hydrogen-bond acceptors (Lipinski definition) is 5. The molecular formula is C7H13N5O2S. The van der Waals surface area contributed by atoms with Gasteiger partial charge in [-0.05, 0) is 19.1 Å². The van der Waals surface area contributed by atoms with Crippen LogP contribution in [-0.2, 0) is 10.0 Å². The predicted molar refractivity (Wildman–Crippen MR) is 52.5 cm³/mol. The van der Waals surface area contributed by atoms with Crippen molar-refractivity contribution in [2.45, 2.75) is 25.1 Å². The van der Waals surface area contributed by atoms with Crippen molar-refractivity contribution in [3.8, 4) is 0 Å². The van der Waals surface area contributed by atoms with E-state index in [0.29, 0.717) is 13.1 Å². The zero-order valence-electron chi connectivity index (χ0n) is 8.61. The zero-order valence-corrected chi connectivity index (χ0v) is 9.42. The molecule has 0 atom stereocenters. The Balaban J connectivity index is 2.00. The molecule has 0 N–H and O–H groups in total. The minimum atomic E-state index is -3.12. The standard InChI is InChI=1S/C7H13N5O2S/c1-6(2)15(13,14)11-3-7(4-11)12-9-5-8-10-12/h5-7H,3-4H2,1-2H3. The maximum absolute atomic E-state index is 11.7. The van der Waals surface area contributed by atoms with Crippen molar-refractivity contribution in [1.82, 2.24) is 24.5 Å². The highest BCUT2D eigenvalue weighted by molar-refractivity contribution is 7.89. The Hall–Kier alpha value is -1.02. The van der Waals surface area contributed by atoms with E-state index in [1.165, 1.54) is 15.4 Å². The van der Waals surface area contributed by atoms with Crippen molar-refractivity contribution in [2.24, 2.45) is 0 Å². The van der Waals surface area contributed by atoms with Gasteiger partial charge in [0.25, 0.3) is 0 Å². The first-order chi connectivity index (χ1) is 7.01. The van der Waals surface area contributed by atoms with E-state index in [1.54, 1.807) is 13.8 Å². The monoisotopic (exact) mass is 231 g/mol.